The molecule has 0 heterocycles. The van der Waals surface area contributed by atoms with Crippen molar-refractivity contribution in [1.29, 1.82) is 0 Å². The van der Waals surface area contributed by atoms with Crippen LogP contribution in [0.1, 0.15) is 5.56 Å². The van der Waals surface area contributed by atoms with Gasteiger partial charge in [0.05, 0.1) is 0 Å². The van der Waals surface area contributed by atoms with E-state index in [1.165, 1.54) is 12.1 Å². The zero-order valence-electron chi connectivity index (χ0n) is 7.94. The summed E-state index contributed by atoms with van der Waals surface area (Å²) in [7, 11) is 0. The molecule has 0 spiro atoms. The molecule has 2 nitrogen and oxygen atoms in total. The van der Waals surface area contributed by atoms with Crippen molar-refractivity contribution in [3.8, 4) is 0 Å². The summed E-state index contributed by atoms with van der Waals surface area (Å²) in [5, 5.41) is 2.04. The highest BCUT2D eigenvalue weighted by Gasteiger charge is 2.26. The second-order valence-electron chi connectivity index (χ2n) is 3.03. The Kier molecular flexibility index (Phi) is 3.69. The predicted octanol–water partition coefficient (Wildman–Crippen LogP) is 2.43. The smallest absolute Gasteiger partial charge is 0.389 e. The maximum Gasteiger partial charge on any atom is 0.405 e. The molecule has 0 saturated heterocycles. The van der Waals surface area contributed by atoms with Crippen LogP contribution in [-0.2, 0) is 0 Å². The Balaban J connectivity index is 2.78. The van der Waals surface area contributed by atoms with Crippen LogP contribution in [0.5, 0.6) is 0 Å². The third kappa shape index (κ3) is 3.65. The van der Waals surface area contributed by atoms with E-state index in [4.69, 9.17) is 5.73 Å². The van der Waals surface area contributed by atoms with Crippen LogP contribution in [0, 0.1) is 5.82 Å². The van der Waals surface area contributed by atoms with Gasteiger partial charge in [0.2, 0.25) is 0 Å². The predicted molar refractivity (Wildman–Crippen MR) is 56.8 cm³/mol. The molecule has 7 heteroatoms. The van der Waals surface area contributed by atoms with Crippen LogP contribution in [0.4, 0.5) is 23.2 Å². The van der Waals surface area contributed by atoms with E-state index in [-0.39, 0.29) is 16.2 Å². The van der Waals surface area contributed by atoms with Crippen LogP contribution in [-0.4, -0.2) is 17.7 Å². The first-order valence-electron chi connectivity index (χ1n) is 4.19. The number of halogens is 4. The number of alkyl halides is 3. The molecular weight excluding hydrogens is 244 g/mol. The van der Waals surface area contributed by atoms with Crippen LogP contribution in [0.25, 0.3) is 0 Å². The van der Waals surface area contributed by atoms with Gasteiger partial charge in [-0.05, 0) is 18.2 Å². The normalized spacial score (nSPS) is 11.2. The average molecular weight is 252 g/mol. The quantitative estimate of drug-likeness (QED) is 0.641. The Labute approximate surface area is 94.4 Å². The minimum Gasteiger partial charge on any atom is -0.389 e. The zero-order valence-corrected chi connectivity index (χ0v) is 8.75. The van der Waals surface area contributed by atoms with E-state index >= 15 is 0 Å². The van der Waals surface area contributed by atoms with Gasteiger partial charge in [-0.15, -0.1) is 0 Å². The lowest BCUT2D eigenvalue weighted by atomic mass is 10.2. The Morgan fingerprint density at radius 1 is 1.38 bits per heavy atom. The van der Waals surface area contributed by atoms with Gasteiger partial charge in [0.1, 0.15) is 17.4 Å². The molecule has 1 aromatic carbocycles. The minimum atomic E-state index is -4.35. The summed E-state index contributed by atoms with van der Waals surface area (Å²) < 4.78 is 48.8. The summed E-state index contributed by atoms with van der Waals surface area (Å²) in [6.07, 6.45) is -4.35. The van der Waals surface area contributed by atoms with E-state index in [0.29, 0.717) is 0 Å². The number of nitrogens with two attached hydrogens (primary N) is 1. The Morgan fingerprint density at radius 2 is 2.00 bits per heavy atom. The number of thiocarbonyl (C=S) groups is 1. The lowest BCUT2D eigenvalue weighted by Gasteiger charge is -2.10. The highest BCUT2D eigenvalue weighted by Crippen LogP contribution is 2.18. The fourth-order valence-electron chi connectivity index (χ4n) is 1.03. The van der Waals surface area contributed by atoms with E-state index in [2.05, 4.69) is 12.2 Å². The maximum absolute atomic E-state index is 13.2. The van der Waals surface area contributed by atoms with Gasteiger partial charge in [-0.25, -0.2) is 4.39 Å². The van der Waals surface area contributed by atoms with Crippen molar-refractivity contribution in [3.05, 3.63) is 29.6 Å². The SMILES string of the molecule is NC(=S)c1ccc(NCC(F)(F)F)cc1F. The molecule has 0 unspecified atom stereocenters. The number of benzene rings is 1. The van der Waals surface area contributed by atoms with Crippen LogP contribution in [0.15, 0.2) is 18.2 Å². The number of hydrogen-bond donors (Lipinski definition) is 2. The summed E-state index contributed by atoms with van der Waals surface area (Å²) in [6, 6.07) is 3.43. The molecule has 0 bridgehead atoms. The van der Waals surface area contributed by atoms with E-state index in [1.807, 2.05) is 5.32 Å². The van der Waals surface area contributed by atoms with Crippen molar-refractivity contribution in [2.45, 2.75) is 6.18 Å². The molecule has 88 valence electrons. The highest BCUT2D eigenvalue weighted by atomic mass is 32.1. The molecule has 0 radical (unpaired) electrons. The monoisotopic (exact) mass is 252 g/mol. The number of anilines is 1. The lowest BCUT2D eigenvalue weighted by molar-refractivity contribution is -0.115. The molecule has 0 aromatic heterocycles. The van der Waals surface area contributed by atoms with Crippen molar-refractivity contribution in [2.24, 2.45) is 5.73 Å². The van der Waals surface area contributed by atoms with Crippen molar-refractivity contribution < 1.29 is 17.6 Å². The fraction of sp³-hybridized carbons (Fsp3) is 0.222. The maximum atomic E-state index is 13.2. The largest absolute Gasteiger partial charge is 0.405 e. The van der Waals surface area contributed by atoms with Crippen LogP contribution >= 0.6 is 12.2 Å². The summed E-state index contributed by atoms with van der Waals surface area (Å²) in [5.41, 5.74) is 5.23. The van der Waals surface area contributed by atoms with Crippen LogP contribution in [0.3, 0.4) is 0 Å². The molecule has 1 rings (SSSR count). The van der Waals surface area contributed by atoms with Gasteiger partial charge >= 0.3 is 6.18 Å². The molecule has 0 amide bonds. The summed E-state index contributed by atoms with van der Waals surface area (Å²) in [5.74, 6) is -0.750. The summed E-state index contributed by atoms with van der Waals surface area (Å²) >= 11 is 4.55. The van der Waals surface area contributed by atoms with E-state index in [1.54, 1.807) is 0 Å². The molecule has 16 heavy (non-hydrogen) atoms. The fourth-order valence-corrected chi connectivity index (χ4v) is 1.19. The van der Waals surface area contributed by atoms with Gasteiger partial charge in [-0.3, -0.25) is 0 Å². The van der Waals surface area contributed by atoms with Crippen LogP contribution in [0.2, 0.25) is 0 Å². The Bertz CT molecular complexity index is 403. The van der Waals surface area contributed by atoms with Crippen molar-refractivity contribution >= 4 is 22.9 Å². The summed E-state index contributed by atoms with van der Waals surface area (Å²) in [6.45, 7) is -1.22. The van der Waals surface area contributed by atoms with Gasteiger partial charge in [0, 0.05) is 11.3 Å². The van der Waals surface area contributed by atoms with Gasteiger partial charge in [-0.1, -0.05) is 12.2 Å². The standard InChI is InChI=1S/C9H8F4N2S/c10-7-3-5(15-4-9(11,12)13)1-2-6(7)8(14)16/h1-3,15H,4H2,(H2,14,16). The highest BCUT2D eigenvalue weighted by molar-refractivity contribution is 7.80. The number of hydrogen-bond acceptors (Lipinski definition) is 2. The van der Waals surface area contributed by atoms with Crippen molar-refractivity contribution in [2.75, 3.05) is 11.9 Å². The van der Waals surface area contributed by atoms with Gasteiger partial charge in [0.15, 0.2) is 0 Å². The van der Waals surface area contributed by atoms with Gasteiger partial charge < -0.3 is 11.1 Å². The summed E-state index contributed by atoms with van der Waals surface area (Å²) in [4.78, 5) is -0.139. The zero-order chi connectivity index (χ0) is 12.3. The van der Waals surface area contributed by atoms with Gasteiger partial charge in [0.25, 0.3) is 0 Å². The first-order valence-corrected chi connectivity index (χ1v) is 4.60. The van der Waals surface area contributed by atoms with Gasteiger partial charge in [-0.2, -0.15) is 13.2 Å². The number of rotatable bonds is 3. The minimum absolute atomic E-state index is 0.00700. The average Bonchev–Trinajstić information content (AvgIpc) is 2.13. The Hall–Kier alpha value is -1.37. The molecule has 0 atom stereocenters. The lowest BCUT2D eigenvalue weighted by Crippen LogP contribution is -2.21. The van der Waals surface area contributed by atoms with E-state index < -0.39 is 18.5 Å². The molecule has 0 saturated carbocycles. The molecule has 1 aromatic rings. The van der Waals surface area contributed by atoms with Crippen molar-refractivity contribution in [1.82, 2.24) is 0 Å². The molecule has 0 fully saturated rings. The number of nitrogens with one attached hydrogen (secondary N) is 1. The second-order valence-corrected chi connectivity index (χ2v) is 3.47. The topological polar surface area (TPSA) is 38.0 Å². The molecule has 0 aliphatic carbocycles. The molecular formula is C9H8F4N2S. The Morgan fingerprint density at radius 3 is 2.44 bits per heavy atom. The first kappa shape index (κ1) is 12.7. The molecule has 0 aliphatic heterocycles. The van der Waals surface area contributed by atoms with E-state index in [9.17, 15) is 17.6 Å². The molecule has 3 N–H and O–H groups in total. The van der Waals surface area contributed by atoms with Crippen molar-refractivity contribution in [3.63, 3.8) is 0 Å². The first-order chi connectivity index (χ1) is 7.29. The third-order valence-corrected chi connectivity index (χ3v) is 1.95. The molecule has 0 aliphatic rings. The third-order valence-electron chi connectivity index (χ3n) is 1.73. The van der Waals surface area contributed by atoms with E-state index in [0.717, 1.165) is 6.07 Å². The second kappa shape index (κ2) is 4.65. The van der Waals surface area contributed by atoms with Crippen LogP contribution < -0.4 is 11.1 Å².